The quantitative estimate of drug-likeness (QED) is 0.849. The van der Waals surface area contributed by atoms with Crippen molar-refractivity contribution in [3.63, 3.8) is 0 Å². The summed E-state index contributed by atoms with van der Waals surface area (Å²) in [7, 11) is 0. The lowest BCUT2D eigenvalue weighted by atomic mass is 10.0. The fraction of sp³-hybridized carbons (Fsp3) is 0.312. The number of pyridine rings is 1. The molecule has 20 heavy (non-hydrogen) atoms. The Hall–Kier alpha value is -1.26. The molecule has 1 N–H and O–H groups in total. The number of halogens is 2. The molecule has 0 spiro atoms. The largest absolute Gasteiger partial charge is 0.302 e. The van der Waals surface area contributed by atoms with Crippen molar-refractivity contribution < 1.29 is 4.39 Å². The second kappa shape index (κ2) is 6.95. The molecule has 2 atom stereocenters. The van der Waals surface area contributed by atoms with Gasteiger partial charge in [0.05, 0.1) is 11.9 Å². The average molecular weight is 337 g/mol. The number of nitrogens with one attached hydrogen (secondary N) is 1. The van der Waals surface area contributed by atoms with Gasteiger partial charge >= 0.3 is 0 Å². The minimum Gasteiger partial charge on any atom is -0.302 e. The van der Waals surface area contributed by atoms with Crippen molar-refractivity contribution in [2.24, 2.45) is 0 Å². The van der Waals surface area contributed by atoms with Gasteiger partial charge in [-0.25, -0.2) is 4.39 Å². The van der Waals surface area contributed by atoms with E-state index < -0.39 is 0 Å². The Morgan fingerprint density at radius 1 is 1.30 bits per heavy atom. The van der Waals surface area contributed by atoms with Crippen LogP contribution in [0.2, 0.25) is 0 Å². The minimum absolute atomic E-state index is 0.115. The van der Waals surface area contributed by atoms with E-state index in [0.29, 0.717) is 0 Å². The van der Waals surface area contributed by atoms with Crippen LogP contribution < -0.4 is 5.32 Å². The van der Waals surface area contributed by atoms with Gasteiger partial charge in [-0.2, -0.15) is 0 Å². The topological polar surface area (TPSA) is 24.9 Å². The van der Waals surface area contributed by atoms with E-state index in [1.165, 1.54) is 17.8 Å². The molecule has 4 heteroatoms. The van der Waals surface area contributed by atoms with Gasteiger partial charge in [0.15, 0.2) is 0 Å². The first kappa shape index (κ1) is 15.1. The first-order valence-electron chi connectivity index (χ1n) is 6.73. The number of rotatable bonds is 5. The van der Waals surface area contributed by atoms with E-state index in [1.54, 1.807) is 6.07 Å². The molecule has 2 rings (SSSR count). The number of hydrogen-bond donors (Lipinski definition) is 1. The summed E-state index contributed by atoms with van der Waals surface area (Å²) in [5, 5.41) is 3.54. The summed E-state index contributed by atoms with van der Waals surface area (Å²) >= 11 is 3.48. The molecule has 2 aromatic rings. The Labute approximate surface area is 127 Å². The van der Waals surface area contributed by atoms with E-state index in [-0.39, 0.29) is 17.9 Å². The van der Waals surface area contributed by atoms with E-state index in [4.69, 9.17) is 0 Å². The summed E-state index contributed by atoms with van der Waals surface area (Å²) in [6.07, 6.45) is 2.17. The van der Waals surface area contributed by atoms with Crippen molar-refractivity contribution >= 4 is 15.9 Å². The van der Waals surface area contributed by atoms with Crippen LogP contribution in [0.5, 0.6) is 0 Å². The smallest absolute Gasteiger partial charge is 0.141 e. The highest BCUT2D eigenvalue weighted by Gasteiger charge is 2.15. The van der Waals surface area contributed by atoms with Gasteiger partial charge in [-0.1, -0.05) is 35.0 Å². The highest BCUT2D eigenvalue weighted by atomic mass is 79.9. The second-order valence-corrected chi connectivity index (χ2v) is 5.72. The van der Waals surface area contributed by atoms with Crippen LogP contribution in [0.3, 0.4) is 0 Å². The van der Waals surface area contributed by atoms with Crippen molar-refractivity contribution in [1.82, 2.24) is 10.3 Å². The molecule has 1 aromatic carbocycles. The fourth-order valence-corrected chi connectivity index (χ4v) is 2.60. The molecule has 0 aliphatic rings. The van der Waals surface area contributed by atoms with Gasteiger partial charge in [-0.05, 0) is 43.2 Å². The predicted octanol–water partition coefficient (Wildman–Crippen LogP) is 4.79. The van der Waals surface area contributed by atoms with Crippen LogP contribution in [0.1, 0.15) is 43.6 Å². The number of nitrogens with zero attached hydrogens (tertiary/aromatic N) is 1. The predicted molar refractivity (Wildman–Crippen MR) is 82.9 cm³/mol. The van der Waals surface area contributed by atoms with E-state index in [0.717, 1.165) is 16.6 Å². The summed E-state index contributed by atoms with van der Waals surface area (Å²) in [5.41, 5.74) is 2.08. The van der Waals surface area contributed by atoms with E-state index >= 15 is 0 Å². The van der Waals surface area contributed by atoms with Crippen LogP contribution in [0.25, 0.3) is 0 Å². The Morgan fingerprint density at radius 3 is 2.70 bits per heavy atom. The second-order valence-electron chi connectivity index (χ2n) is 4.81. The molecule has 0 aliphatic heterocycles. The highest BCUT2D eigenvalue weighted by molar-refractivity contribution is 9.10. The molecule has 1 unspecified atom stereocenters. The monoisotopic (exact) mass is 336 g/mol. The third-order valence-electron chi connectivity index (χ3n) is 3.32. The van der Waals surface area contributed by atoms with Crippen molar-refractivity contribution in [3.05, 3.63) is 64.1 Å². The van der Waals surface area contributed by atoms with Crippen LogP contribution in [0.15, 0.2) is 47.1 Å². The van der Waals surface area contributed by atoms with Crippen LogP contribution in [-0.4, -0.2) is 4.98 Å². The zero-order valence-electron chi connectivity index (χ0n) is 11.6. The molecule has 0 bridgehead atoms. The Morgan fingerprint density at radius 2 is 2.10 bits per heavy atom. The number of benzene rings is 1. The molecule has 1 heterocycles. The average Bonchev–Trinajstić information content (AvgIpc) is 2.45. The molecule has 106 valence electrons. The third kappa shape index (κ3) is 3.87. The lowest BCUT2D eigenvalue weighted by Crippen LogP contribution is -2.25. The van der Waals surface area contributed by atoms with E-state index in [9.17, 15) is 4.39 Å². The van der Waals surface area contributed by atoms with Crippen molar-refractivity contribution in [3.8, 4) is 0 Å². The molecule has 1 aromatic heterocycles. The molecule has 0 fully saturated rings. The van der Waals surface area contributed by atoms with Crippen molar-refractivity contribution in [2.75, 3.05) is 0 Å². The van der Waals surface area contributed by atoms with Gasteiger partial charge in [-0.15, -0.1) is 0 Å². The summed E-state index contributed by atoms with van der Waals surface area (Å²) in [6, 6.07) is 11.7. The van der Waals surface area contributed by atoms with Gasteiger partial charge in [-0.3, -0.25) is 4.98 Å². The molecule has 0 aliphatic carbocycles. The summed E-state index contributed by atoms with van der Waals surface area (Å²) in [4.78, 5) is 4.17. The fourth-order valence-electron chi connectivity index (χ4n) is 2.18. The zero-order valence-corrected chi connectivity index (χ0v) is 13.2. The number of hydrogen-bond acceptors (Lipinski definition) is 2. The van der Waals surface area contributed by atoms with Crippen LogP contribution in [0, 0.1) is 5.82 Å². The third-order valence-corrected chi connectivity index (χ3v) is 3.81. The Bertz CT molecular complexity index is 557. The summed E-state index contributed by atoms with van der Waals surface area (Å²) in [5.74, 6) is -0.302. The molecule has 2 nitrogen and oxygen atoms in total. The molecule has 0 amide bonds. The van der Waals surface area contributed by atoms with Gasteiger partial charge < -0.3 is 5.32 Å². The van der Waals surface area contributed by atoms with Crippen LogP contribution in [0.4, 0.5) is 4.39 Å². The number of aromatic nitrogens is 1. The van der Waals surface area contributed by atoms with E-state index in [2.05, 4.69) is 52.2 Å². The van der Waals surface area contributed by atoms with Gasteiger partial charge in [0.1, 0.15) is 5.82 Å². The first-order valence-corrected chi connectivity index (χ1v) is 7.52. The standard InChI is InChI=1S/C16H18BrFN2/c1-3-15(16-8-7-14(18)10-19-16)20-11(2)12-5-4-6-13(17)9-12/h4-11,15,20H,3H2,1-2H3/t11-,15?/m0/s1. The maximum atomic E-state index is 12.9. The van der Waals surface area contributed by atoms with Gasteiger partial charge in [0.2, 0.25) is 0 Å². The normalized spacial score (nSPS) is 14.0. The van der Waals surface area contributed by atoms with E-state index in [1.807, 2.05) is 12.1 Å². The summed E-state index contributed by atoms with van der Waals surface area (Å²) < 4.78 is 14.0. The molecule has 0 saturated heterocycles. The molecule has 0 saturated carbocycles. The van der Waals surface area contributed by atoms with Crippen LogP contribution >= 0.6 is 15.9 Å². The zero-order chi connectivity index (χ0) is 14.5. The minimum atomic E-state index is -0.302. The van der Waals surface area contributed by atoms with Crippen LogP contribution in [-0.2, 0) is 0 Å². The van der Waals surface area contributed by atoms with Crippen molar-refractivity contribution in [1.29, 1.82) is 0 Å². The lowest BCUT2D eigenvalue weighted by Gasteiger charge is -2.22. The Balaban J connectivity index is 2.11. The maximum Gasteiger partial charge on any atom is 0.141 e. The first-order chi connectivity index (χ1) is 9.60. The molecule has 0 radical (unpaired) electrons. The Kier molecular flexibility index (Phi) is 5.26. The van der Waals surface area contributed by atoms with Gasteiger partial charge in [0.25, 0.3) is 0 Å². The SMILES string of the molecule is CCC(N[C@@H](C)c1cccc(Br)c1)c1ccc(F)cn1. The highest BCUT2D eigenvalue weighted by Crippen LogP contribution is 2.23. The summed E-state index contributed by atoms with van der Waals surface area (Å²) in [6.45, 7) is 4.21. The molecular formula is C16H18BrFN2. The van der Waals surface area contributed by atoms with Crippen molar-refractivity contribution in [2.45, 2.75) is 32.4 Å². The lowest BCUT2D eigenvalue weighted by molar-refractivity contribution is 0.446. The van der Waals surface area contributed by atoms with Gasteiger partial charge in [0, 0.05) is 16.6 Å². The molecular weight excluding hydrogens is 319 g/mol. The maximum absolute atomic E-state index is 12.9.